The molecule has 0 unspecified atom stereocenters. The van der Waals surface area contributed by atoms with E-state index >= 15 is 0 Å². The number of thiazole rings is 1. The molecule has 3 nitrogen and oxygen atoms in total. The molecule has 1 aromatic rings. The van der Waals surface area contributed by atoms with Crippen molar-refractivity contribution in [1.82, 2.24) is 10.5 Å². The summed E-state index contributed by atoms with van der Waals surface area (Å²) in [5, 5.41) is 2.98. The van der Waals surface area contributed by atoms with Crippen molar-refractivity contribution in [2.45, 2.75) is 6.54 Å². The smallest absolute Gasteiger partial charge is 0.109 e. The first kappa shape index (κ1) is 6.67. The van der Waals surface area contributed by atoms with E-state index < -0.39 is 0 Å². The van der Waals surface area contributed by atoms with Crippen molar-refractivity contribution < 1.29 is 4.84 Å². The summed E-state index contributed by atoms with van der Waals surface area (Å²) in [4.78, 5) is 8.66. The number of aromatic nitrogens is 1. The van der Waals surface area contributed by atoms with Crippen molar-refractivity contribution in [1.29, 1.82) is 0 Å². The van der Waals surface area contributed by atoms with Gasteiger partial charge in [0.1, 0.15) is 5.01 Å². The van der Waals surface area contributed by atoms with E-state index in [1.54, 1.807) is 24.6 Å². The van der Waals surface area contributed by atoms with Crippen LogP contribution >= 0.6 is 11.3 Å². The maximum absolute atomic E-state index is 4.63. The highest BCUT2D eigenvalue weighted by Gasteiger charge is 1.90. The molecule has 1 rings (SSSR count). The Labute approximate surface area is 57.6 Å². The number of nitrogens with zero attached hydrogens (tertiary/aromatic N) is 1. The number of hydroxylamine groups is 1. The lowest BCUT2D eigenvalue weighted by atomic mass is 10.7. The second-order valence-corrected chi connectivity index (χ2v) is 2.43. The number of nitrogens with one attached hydrogen (secondary N) is 1. The molecule has 0 saturated heterocycles. The SMILES string of the molecule is CONCc1nccs1. The van der Waals surface area contributed by atoms with Crippen LogP contribution < -0.4 is 5.48 Å². The Hall–Kier alpha value is -0.450. The molecular weight excluding hydrogens is 136 g/mol. The fourth-order valence-corrected chi connectivity index (χ4v) is 1.02. The van der Waals surface area contributed by atoms with Gasteiger partial charge in [0, 0.05) is 11.6 Å². The lowest BCUT2D eigenvalue weighted by Gasteiger charge is -1.94. The number of hydrogen-bond acceptors (Lipinski definition) is 4. The van der Waals surface area contributed by atoms with Crippen molar-refractivity contribution in [3.05, 3.63) is 16.6 Å². The van der Waals surface area contributed by atoms with Gasteiger partial charge < -0.3 is 4.84 Å². The fourth-order valence-electron chi connectivity index (χ4n) is 0.474. The monoisotopic (exact) mass is 144 g/mol. The van der Waals surface area contributed by atoms with Crippen LogP contribution in [0, 0.1) is 0 Å². The first-order chi connectivity index (χ1) is 4.43. The Balaban J connectivity index is 2.30. The van der Waals surface area contributed by atoms with Crippen LogP contribution in [0.25, 0.3) is 0 Å². The molecule has 1 N–H and O–H groups in total. The Morgan fingerprint density at radius 3 is 3.33 bits per heavy atom. The summed E-state index contributed by atoms with van der Waals surface area (Å²) in [6.07, 6.45) is 1.78. The van der Waals surface area contributed by atoms with Crippen LogP contribution in [0.2, 0.25) is 0 Å². The van der Waals surface area contributed by atoms with Crippen LogP contribution in [-0.4, -0.2) is 12.1 Å². The number of rotatable bonds is 3. The average Bonchev–Trinajstić information content (AvgIpc) is 2.34. The maximum Gasteiger partial charge on any atom is 0.109 e. The van der Waals surface area contributed by atoms with Gasteiger partial charge in [-0.15, -0.1) is 11.3 Å². The highest BCUT2D eigenvalue weighted by Crippen LogP contribution is 2.01. The van der Waals surface area contributed by atoms with Crippen LogP contribution in [-0.2, 0) is 11.4 Å². The molecule has 9 heavy (non-hydrogen) atoms. The summed E-state index contributed by atoms with van der Waals surface area (Å²) < 4.78 is 0. The van der Waals surface area contributed by atoms with E-state index in [0.29, 0.717) is 6.54 Å². The van der Waals surface area contributed by atoms with Gasteiger partial charge in [0.25, 0.3) is 0 Å². The predicted molar refractivity (Wildman–Crippen MR) is 36.0 cm³/mol. The molecule has 0 atom stereocenters. The van der Waals surface area contributed by atoms with E-state index in [1.165, 1.54) is 0 Å². The minimum atomic E-state index is 0.689. The molecule has 0 fully saturated rings. The van der Waals surface area contributed by atoms with E-state index in [0.717, 1.165) is 5.01 Å². The van der Waals surface area contributed by atoms with Crippen molar-refractivity contribution in [2.75, 3.05) is 7.11 Å². The van der Waals surface area contributed by atoms with Crippen molar-refractivity contribution >= 4 is 11.3 Å². The Bertz CT molecular complexity index is 152. The van der Waals surface area contributed by atoms with Gasteiger partial charge in [0.05, 0.1) is 13.7 Å². The van der Waals surface area contributed by atoms with Crippen molar-refractivity contribution in [2.24, 2.45) is 0 Å². The lowest BCUT2D eigenvalue weighted by molar-refractivity contribution is 0.0866. The van der Waals surface area contributed by atoms with Crippen LogP contribution in [0.1, 0.15) is 5.01 Å². The third-order valence-corrected chi connectivity index (χ3v) is 1.63. The first-order valence-electron chi connectivity index (χ1n) is 2.57. The van der Waals surface area contributed by atoms with E-state index in [4.69, 9.17) is 0 Å². The third-order valence-electron chi connectivity index (χ3n) is 0.851. The topological polar surface area (TPSA) is 34.1 Å². The maximum atomic E-state index is 4.63. The highest BCUT2D eigenvalue weighted by atomic mass is 32.1. The minimum absolute atomic E-state index is 0.689. The molecule has 0 bridgehead atoms. The van der Waals surface area contributed by atoms with Crippen molar-refractivity contribution in [3.63, 3.8) is 0 Å². The van der Waals surface area contributed by atoms with Gasteiger partial charge in [-0.25, -0.2) is 4.98 Å². The summed E-state index contributed by atoms with van der Waals surface area (Å²) in [6, 6.07) is 0. The second-order valence-electron chi connectivity index (χ2n) is 1.45. The molecule has 0 amide bonds. The zero-order valence-electron chi connectivity index (χ0n) is 5.13. The summed E-state index contributed by atoms with van der Waals surface area (Å²) in [7, 11) is 1.59. The van der Waals surface area contributed by atoms with Gasteiger partial charge in [-0.2, -0.15) is 5.48 Å². The molecule has 1 heterocycles. The van der Waals surface area contributed by atoms with Crippen LogP contribution in [0.15, 0.2) is 11.6 Å². The molecule has 4 heteroatoms. The highest BCUT2D eigenvalue weighted by molar-refractivity contribution is 7.09. The van der Waals surface area contributed by atoms with E-state index in [2.05, 4.69) is 15.3 Å². The average molecular weight is 144 g/mol. The zero-order valence-corrected chi connectivity index (χ0v) is 5.94. The first-order valence-corrected chi connectivity index (χ1v) is 3.45. The molecule has 0 radical (unpaired) electrons. The Morgan fingerprint density at radius 1 is 1.89 bits per heavy atom. The molecular formula is C5H8N2OS. The quantitative estimate of drug-likeness (QED) is 0.637. The zero-order chi connectivity index (χ0) is 6.53. The molecule has 0 aliphatic heterocycles. The summed E-state index contributed by atoms with van der Waals surface area (Å²) in [6.45, 7) is 0.689. The van der Waals surface area contributed by atoms with Crippen LogP contribution in [0.3, 0.4) is 0 Å². The van der Waals surface area contributed by atoms with Gasteiger partial charge in [-0.3, -0.25) is 0 Å². The molecule has 0 aromatic carbocycles. The largest absolute Gasteiger partial charge is 0.305 e. The standard InChI is InChI=1S/C5H8N2OS/c1-8-7-4-5-6-2-3-9-5/h2-3,7H,4H2,1H3. The third kappa shape index (κ3) is 2.09. The molecule has 50 valence electrons. The summed E-state index contributed by atoms with van der Waals surface area (Å²) in [5.41, 5.74) is 2.70. The normalized spacial score (nSPS) is 9.89. The van der Waals surface area contributed by atoms with Gasteiger partial charge in [0.2, 0.25) is 0 Å². The van der Waals surface area contributed by atoms with E-state index in [9.17, 15) is 0 Å². The van der Waals surface area contributed by atoms with E-state index in [-0.39, 0.29) is 0 Å². The fraction of sp³-hybridized carbons (Fsp3) is 0.400. The summed E-state index contributed by atoms with van der Waals surface area (Å²) in [5.74, 6) is 0. The lowest BCUT2D eigenvalue weighted by Crippen LogP contribution is -2.09. The van der Waals surface area contributed by atoms with Crippen molar-refractivity contribution in [3.8, 4) is 0 Å². The Morgan fingerprint density at radius 2 is 2.78 bits per heavy atom. The predicted octanol–water partition coefficient (Wildman–Crippen LogP) is 0.794. The molecule has 0 spiro atoms. The molecule has 0 saturated carbocycles. The molecule has 0 aliphatic carbocycles. The van der Waals surface area contributed by atoms with Gasteiger partial charge in [-0.05, 0) is 0 Å². The second kappa shape index (κ2) is 3.55. The summed E-state index contributed by atoms with van der Waals surface area (Å²) >= 11 is 1.61. The molecule has 0 aliphatic rings. The van der Waals surface area contributed by atoms with Crippen LogP contribution in [0.5, 0.6) is 0 Å². The van der Waals surface area contributed by atoms with Gasteiger partial charge in [-0.1, -0.05) is 0 Å². The minimum Gasteiger partial charge on any atom is -0.305 e. The van der Waals surface area contributed by atoms with Gasteiger partial charge >= 0.3 is 0 Å². The van der Waals surface area contributed by atoms with E-state index in [1.807, 2.05) is 5.38 Å². The Kier molecular flexibility index (Phi) is 2.63. The van der Waals surface area contributed by atoms with Crippen LogP contribution in [0.4, 0.5) is 0 Å². The number of hydrogen-bond donors (Lipinski definition) is 1. The molecule has 1 aromatic heterocycles. The van der Waals surface area contributed by atoms with Gasteiger partial charge in [0.15, 0.2) is 0 Å².